The highest BCUT2D eigenvalue weighted by Crippen LogP contribution is 2.38. The van der Waals surface area contributed by atoms with Crippen LogP contribution in [0.25, 0.3) is 0 Å². The van der Waals surface area contributed by atoms with E-state index < -0.39 is 16.6 Å². The monoisotopic (exact) mass is 345 g/mol. The maximum absolute atomic E-state index is 6.29. The van der Waals surface area contributed by atoms with Gasteiger partial charge in [-0.25, -0.2) is 0 Å². The molecule has 2 atom stereocenters. The van der Waals surface area contributed by atoms with Crippen LogP contribution in [0.2, 0.25) is 36.3 Å². The van der Waals surface area contributed by atoms with Crippen molar-refractivity contribution in [1.29, 1.82) is 0 Å². The van der Waals surface area contributed by atoms with Crippen LogP contribution in [0.15, 0.2) is 0 Å². The summed E-state index contributed by atoms with van der Waals surface area (Å²) in [5.74, 6) is 0. The van der Waals surface area contributed by atoms with Crippen LogP contribution >= 0.6 is 0 Å². The highest BCUT2D eigenvalue weighted by Gasteiger charge is 2.41. The van der Waals surface area contributed by atoms with Gasteiger partial charge in [-0.1, -0.05) is 41.5 Å². The second kappa shape index (κ2) is 6.67. The van der Waals surface area contributed by atoms with Crippen molar-refractivity contribution in [2.24, 2.45) is 0 Å². The van der Waals surface area contributed by atoms with Gasteiger partial charge in [0.05, 0.1) is 0 Å². The molecule has 1 aliphatic rings. The lowest BCUT2D eigenvalue weighted by Gasteiger charge is -2.44. The van der Waals surface area contributed by atoms with Gasteiger partial charge >= 0.3 is 0 Å². The first-order valence-electron chi connectivity index (χ1n) is 8.70. The van der Waals surface area contributed by atoms with Crippen LogP contribution in [0.1, 0.15) is 48.0 Å². The summed E-state index contributed by atoms with van der Waals surface area (Å²) in [5.41, 5.74) is 0. The van der Waals surface area contributed by atoms with Gasteiger partial charge in [-0.3, -0.25) is 0 Å². The number of nitrogens with one attached hydrogen (secondary N) is 1. The minimum Gasteiger partial charge on any atom is -0.415 e. The zero-order chi connectivity index (χ0) is 17.4. The van der Waals surface area contributed by atoms with Crippen LogP contribution in [0.4, 0.5) is 0 Å². The Morgan fingerprint density at radius 3 is 1.27 bits per heavy atom. The molecule has 0 aromatic rings. The zero-order valence-corrected chi connectivity index (χ0v) is 18.6. The standard InChI is InChI=1S/C17H39NO2Si2/c1-16(2,3)21(7,8)19-12-14-11-15(18-14)13-20-22(9,10)17(4,5)6/h14-15,18H,11-13H2,1-10H3/t14-,15+. The molecule has 1 heterocycles. The maximum Gasteiger partial charge on any atom is 0.192 e. The van der Waals surface area contributed by atoms with Gasteiger partial charge in [0.25, 0.3) is 0 Å². The topological polar surface area (TPSA) is 30.5 Å². The predicted molar refractivity (Wildman–Crippen MR) is 102 cm³/mol. The van der Waals surface area contributed by atoms with E-state index in [4.69, 9.17) is 8.85 Å². The Kier molecular flexibility index (Phi) is 6.17. The molecule has 0 bridgehead atoms. The van der Waals surface area contributed by atoms with Gasteiger partial charge in [0.2, 0.25) is 0 Å². The summed E-state index contributed by atoms with van der Waals surface area (Å²) in [6.07, 6.45) is 1.18. The third-order valence-electron chi connectivity index (χ3n) is 5.94. The average Bonchev–Trinajstić information content (AvgIpc) is 2.22. The highest BCUT2D eigenvalue weighted by molar-refractivity contribution is 6.74. The summed E-state index contributed by atoms with van der Waals surface area (Å²) in [7, 11) is -3.22. The fourth-order valence-electron chi connectivity index (χ4n) is 1.94. The van der Waals surface area contributed by atoms with E-state index in [0.717, 1.165) is 13.2 Å². The quantitative estimate of drug-likeness (QED) is 0.704. The minimum atomic E-state index is -1.61. The predicted octanol–water partition coefficient (Wildman–Crippen LogP) is 4.76. The zero-order valence-electron chi connectivity index (χ0n) is 16.6. The lowest BCUT2D eigenvalue weighted by molar-refractivity contribution is 0.120. The molecule has 0 spiro atoms. The van der Waals surface area contributed by atoms with Crippen molar-refractivity contribution in [1.82, 2.24) is 5.32 Å². The Bertz CT molecular complexity index is 330. The summed E-state index contributed by atoms with van der Waals surface area (Å²) in [6, 6.07) is 1.03. The molecule has 0 saturated carbocycles. The molecule has 0 unspecified atom stereocenters. The molecule has 3 nitrogen and oxygen atoms in total. The molecule has 1 N–H and O–H groups in total. The average molecular weight is 346 g/mol. The number of hydrogen-bond acceptors (Lipinski definition) is 3. The van der Waals surface area contributed by atoms with Gasteiger partial charge in [-0.2, -0.15) is 0 Å². The Labute approximate surface area is 140 Å². The van der Waals surface area contributed by atoms with E-state index >= 15 is 0 Å². The van der Waals surface area contributed by atoms with Crippen molar-refractivity contribution in [3.63, 3.8) is 0 Å². The van der Waals surface area contributed by atoms with E-state index in [1.165, 1.54) is 6.42 Å². The lowest BCUT2D eigenvalue weighted by Crippen LogP contribution is -2.59. The molecule has 22 heavy (non-hydrogen) atoms. The summed E-state index contributed by atoms with van der Waals surface area (Å²) in [4.78, 5) is 0. The van der Waals surface area contributed by atoms with Gasteiger partial charge in [0, 0.05) is 25.3 Å². The molecule has 0 aromatic heterocycles. The van der Waals surface area contributed by atoms with Crippen molar-refractivity contribution in [3.8, 4) is 0 Å². The molecular weight excluding hydrogens is 306 g/mol. The Balaban J connectivity index is 2.28. The molecule has 0 amide bonds. The summed E-state index contributed by atoms with van der Waals surface area (Å²) >= 11 is 0. The fraction of sp³-hybridized carbons (Fsp3) is 1.00. The van der Waals surface area contributed by atoms with Gasteiger partial charge in [-0.15, -0.1) is 0 Å². The largest absolute Gasteiger partial charge is 0.415 e. The summed E-state index contributed by atoms with van der Waals surface area (Å²) in [5, 5.41) is 4.21. The normalized spacial score (nSPS) is 24.3. The van der Waals surface area contributed by atoms with Crippen molar-refractivity contribution in [3.05, 3.63) is 0 Å². The summed E-state index contributed by atoms with van der Waals surface area (Å²) in [6.45, 7) is 24.8. The van der Waals surface area contributed by atoms with Crippen molar-refractivity contribution >= 4 is 16.6 Å². The van der Waals surface area contributed by atoms with Crippen molar-refractivity contribution in [2.75, 3.05) is 13.2 Å². The minimum absolute atomic E-state index is 0.293. The van der Waals surface area contributed by atoms with Gasteiger partial charge in [0.15, 0.2) is 16.6 Å². The first-order valence-corrected chi connectivity index (χ1v) is 14.5. The Hall–Kier alpha value is 0.314. The molecule has 0 aliphatic carbocycles. The summed E-state index contributed by atoms with van der Waals surface area (Å²) < 4.78 is 12.6. The molecule has 0 radical (unpaired) electrons. The van der Waals surface area contributed by atoms with E-state index in [-0.39, 0.29) is 0 Å². The lowest BCUT2D eigenvalue weighted by atomic mass is 9.99. The van der Waals surface area contributed by atoms with E-state index in [0.29, 0.717) is 22.2 Å². The van der Waals surface area contributed by atoms with Crippen LogP contribution in [-0.2, 0) is 8.85 Å². The second-order valence-corrected chi connectivity index (χ2v) is 19.6. The van der Waals surface area contributed by atoms with Crippen LogP contribution in [0.3, 0.4) is 0 Å². The molecule has 5 heteroatoms. The molecule has 132 valence electrons. The first-order chi connectivity index (χ1) is 9.66. The van der Waals surface area contributed by atoms with Crippen LogP contribution in [0.5, 0.6) is 0 Å². The molecule has 0 aromatic carbocycles. The molecule has 1 saturated heterocycles. The van der Waals surface area contributed by atoms with Crippen LogP contribution in [-0.4, -0.2) is 41.9 Å². The third-order valence-corrected chi connectivity index (χ3v) is 14.9. The number of rotatable bonds is 6. The molecule has 1 fully saturated rings. The van der Waals surface area contributed by atoms with Crippen LogP contribution < -0.4 is 5.32 Å². The molecule has 1 aliphatic heterocycles. The Morgan fingerprint density at radius 1 is 0.773 bits per heavy atom. The van der Waals surface area contributed by atoms with Crippen LogP contribution in [0, 0.1) is 0 Å². The maximum atomic E-state index is 6.29. The number of hydrogen-bond donors (Lipinski definition) is 1. The van der Waals surface area contributed by atoms with E-state index in [1.54, 1.807) is 0 Å². The highest BCUT2D eigenvalue weighted by atomic mass is 28.4. The van der Waals surface area contributed by atoms with E-state index in [2.05, 4.69) is 73.0 Å². The van der Waals surface area contributed by atoms with E-state index in [1.807, 2.05) is 0 Å². The third kappa shape index (κ3) is 5.16. The molecular formula is C17H39NO2Si2. The Morgan fingerprint density at radius 2 is 1.05 bits per heavy atom. The van der Waals surface area contributed by atoms with Gasteiger partial charge in [0.1, 0.15) is 0 Å². The second-order valence-electron chi connectivity index (χ2n) is 9.94. The van der Waals surface area contributed by atoms with Crippen molar-refractivity contribution in [2.45, 2.75) is 96.3 Å². The smallest absolute Gasteiger partial charge is 0.192 e. The first kappa shape index (κ1) is 20.4. The SMILES string of the molecule is CC(C)(C)[Si](C)(C)OC[C@@H]1C[C@H](CO[Si](C)(C)C(C)(C)C)N1. The van der Waals surface area contributed by atoms with E-state index in [9.17, 15) is 0 Å². The van der Waals surface area contributed by atoms with Gasteiger partial charge in [-0.05, 0) is 42.7 Å². The van der Waals surface area contributed by atoms with Crippen molar-refractivity contribution < 1.29 is 8.85 Å². The van der Waals surface area contributed by atoms with Gasteiger partial charge < -0.3 is 14.2 Å². The fourth-order valence-corrected chi connectivity index (χ4v) is 4.04. The molecule has 1 rings (SSSR count).